The van der Waals surface area contributed by atoms with Gasteiger partial charge in [-0.15, -0.1) is 0 Å². The van der Waals surface area contributed by atoms with Crippen LogP contribution in [-0.2, 0) is 20.7 Å². The summed E-state index contributed by atoms with van der Waals surface area (Å²) in [6.07, 6.45) is 0.816. The Labute approximate surface area is 175 Å². The Kier molecular flexibility index (Phi) is 6.65. The van der Waals surface area contributed by atoms with Gasteiger partial charge >= 0.3 is 5.97 Å². The number of aliphatic carboxylic acids is 1. The molecule has 0 radical (unpaired) electrons. The van der Waals surface area contributed by atoms with Gasteiger partial charge in [-0.2, -0.15) is 5.10 Å². The zero-order valence-corrected chi connectivity index (χ0v) is 17.6. The summed E-state index contributed by atoms with van der Waals surface area (Å²) in [4.78, 5) is 36.7. The molecule has 29 heavy (non-hydrogen) atoms. The van der Waals surface area contributed by atoms with E-state index in [-0.39, 0.29) is 16.5 Å². The van der Waals surface area contributed by atoms with Gasteiger partial charge in [0, 0.05) is 18.7 Å². The zero-order chi connectivity index (χ0) is 22.1. The van der Waals surface area contributed by atoms with E-state index in [1.165, 1.54) is 6.07 Å². The summed E-state index contributed by atoms with van der Waals surface area (Å²) in [6.45, 7) is 2.64. The highest BCUT2D eigenvalue weighted by Crippen LogP contribution is 2.35. The van der Waals surface area contributed by atoms with Crippen molar-refractivity contribution >= 4 is 51.0 Å². The van der Waals surface area contributed by atoms with E-state index in [0.29, 0.717) is 0 Å². The number of hydrogen-bond donors (Lipinski definition) is 4. The molecule has 2 rings (SSSR count). The number of carboxylic acids is 1. The number of hydrogen-bond acceptors (Lipinski definition) is 8. The van der Waals surface area contributed by atoms with E-state index < -0.39 is 57.2 Å². The molecule has 13 heteroatoms. The lowest BCUT2D eigenvalue weighted by Gasteiger charge is -2.48. The number of aromatic hydroxyl groups is 2. The first-order chi connectivity index (χ1) is 13.4. The number of amides is 2. The molecule has 1 saturated heterocycles. The van der Waals surface area contributed by atoms with Crippen LogP contribution in [-0.4, -0.2) is 69.8 Å². The van der Waals surface area contributed by atoms with Crippen molar-refractivity contribution in [1.29, 1.82) is 0 Å². The molecule has 158 valence electrons. The molecule has 0 aliphatic carbocycles. The Balaban J connectivity index is 2.29. The number of benzene rings is 1. The Morgan fingerprint density at radius 3 is 2.59 bits per heavy atom. The SMILES string of the molecule is C[C@@H]1CC(=O)N1[C@@H](C(=O)O)[C@](C)(/C=N/NC(=O)c1ccc(O)c(O)c1Br)S(=O)[O-]. The topological polar surface area (TPSA) is 180 Å². The number of nitrogens with one attached hydrogen (secondary N) is 1. The highest BCUT2D eigenvalue weighted by molar-refractivity contribution is 9.10. The van der Waals surface area contributed by atoms with Gasteiger partial charge in [0.15, 0.2) is 17.5 Å². The summed E-state index contributed by atoms with van der Waals surface area (Å²) in [6, 6.07) is 0.0232. The van der Waals surface area contributed by atoms with Gasteiger partial charge in [0.2, 0.25) is 5.91 Å². The maximum absolute atomic E-state index is 12.2. The molecule has 4 N–H and O–H groups in total. The van der Waals surface area contributed by atoms with Crippen molar-refractivity contribution in [1.82, 2.24) is 10.3 Å². The second-order valence-corrected chi connectivity index (χ2v) is 8.65. The fourth-order valence-corrected chi connectivity index (χ4v) is 3.89. The number of carboxylic acid groups (broad SMARTS) is 1. The maximum Gasteiger partial charge on any atom is 0.328 e. The third-order valence-electron chi connectivity index (χ3n) is 4.47. The molecule has 1 aromatic rings. The number of nitrogens with zero attached hydrogens (tertiary/aromatic N) is 2. The minimum atomic E-state index is -3.02. The van der Waals surface area contributed by atoms with Crippen LogP contribution in [0.5, 0.6) is 11.5 Å². The molecule has 1 aliphatic rings. The highest BCUT2D eigenvalue weighted by atomic mass is 79.9. The predicted octanol–water partition coefficient (Wildman–Crippen LogP) is 0.288. The smallest absolute Gasteiger partial charge is 0.328 e. The first-order valence-corrected chi connectivity index (χ1v) is 9.97. The fraction of sp³-hybridized carbons (Fsp3) is 0.375. The van der Waals surface area contributed by atoms with Gasteiger partial charge < -0.3 is 24.8 Å². The van der Waals surface area contributed by atoms with E-state index in [1.54, 1.807) is 6.92 Å². The molecule has 0 spiro atoms. The fourth-order valence-electron chi connectivity index (χ4n) is 2.84. The number of β-lactam (4-membered cyclic amide) rings is 1. The molecule has 0 aromatic heterocycles. The summed E-state index contributed by atoms with van der Waals surface area (Å²) in [5.41, 5.74) is 1.90. The normalized spacial score (nSPS) is 20.6. The van der Waals surface area contributed by atoms with Crippen molar-refractivity contribution in [3.05, 3.63) is 22.2 Å². The standard InChI is InChI=1S/C16H18BrN3O8S/c1-7-5-10(22)20(7)13(15(25)26)16(2,29(27)28)6-18-19-14(24)8-3-4-9(21)12(23)11(8)17/h3-4,6-7,13,21,23H,5H2,1-2H3,(H,19,24)(H,25,26)(H,27,28)/p-1/b18-6+/t7-,13+,16+/m1/s1. The van der Waals surface area contributed by atoms with Crippen molar-refractivity contribution in [2.75, 3.05) is 0 Å². The average Bonchev–Trinajstić information content (AvgIpc) is 2.63. The van der Waals surface area contributed by atoms with Gasteiger partial charge in [0.1, 0.15) is 0 Å². The third-order valence-corrected chi connectivity index (χ3v) is 6.32. The van der Waals surface area contributed by atoms with E-state index in [0.717, 1.165) is 24.1 Å². The zero-order valence-electron chi connectivity index (χ0n) is 15.2. The average molecular weight is 491 g/mol. The van der Waals surface area contributed by atoms with Crippen LogP contribution in [0.2, 0.25) is 0 Å². The quantitative estimate of drug-likeness (QED) is 0.138. The Bertz CT molecular complexity index is 924. The van der Waals surface area contributed by atoms with Crippen LogP contribution >= 0.6 is 15.9 Å². The first kappa shape index (κ1) is 22.8. The van der Waals surface area contributed by atoms with Gasteiger partial charge in [-0.1, -0.05) is 0 Å². The first-order valence-electron chi connectivity index (χ1n) is 8.10. The molecule has 0 bridgehead atoms. The van der Waals surface area contributed by atoms with Crippen LogP contribution in [0.4, 0.5) is 0 Å². The summed E-state index contributed by atoms with van der Waals surface area (Å²) >= 11 is -0.0812. The van der Waals surface area contributed by atoms with Crippen LogP contribution < -0.4 is 5.43 Å². The van der Waals surface area contributed by atoms with E-state index in [1.807, 2.05) is 5.43 Å². The van der Waals surface area contributed by atoms with Crippen LogP contribution in [0.1, 0.15) is 30.6 Å². The summed E-state index contributed by atoms with van der Waals surface area (Å²) in [5.74, 6) is -3.97. The van der Waals surface area contributed by atoms with E-state index >= 15 is 0 Å². The molecule has 1 aromatic carbocycles. The third kappa shape index (κ3) is 4.26. The van der Waals surface area contributed by atoms with Crippen LogP contribution in [0.3, 0.4) is 0 Å². The van der Waals surface area contributed by atoms with Crippen molar-refractivity contribution < 1.29 is 38.5 Å². The maximum atomic E-state index is 12.2. The molecule has 1 heterocycles. The van der Waals surface area contributed by atoms with Crippen molar-refractivity contribution in [3.63, 3.8) is 0 Å². The minimum Gasteiger partial charge on any atom is -0.772 e. The van der Waals surface area contributed by atoms with E-state index in [2.05, 4.69) is 21.0 Å². The van der Waals surface area contributed by atoms with Crippen molar-refractivity contribution in [3.8, 4) is 11.5 Å². The molecule has 1 unspecified atom stereocenters. The number of phenolic OH excluding ortho intramolecular Hbond substituents is 2. The number of likely N-dealkylation sites (tertiary alicyclic amines) is 1. The van der Waals surface area contributed by atoms with Gasteiger partial charge in [0.25, 0.3) is 5.91 Å². The summed E-state index contributed by atoms with van der Waals surface area (Å²) in [7, 11) is 0. The second kappa shape index (κ2) is 8.47. The molecule has 2 amide bonds. The lowest BCUT2D eigenvalue weighted by molar-refractivity contribution is -0.161. The van der Waals surface area contributed by atoms with Crippen LogP contribution in [0.25, 0.3) is 0 Å². The van der Waals surface area contributed by atoms with Crippen LogP contribution in [0.15, 0.2) is 21.7 Å². The van der Waals surface area contributed by atoms with Gasteiger partial charge in [-0.3, -0.25) is 13.8 Å². The predicted molar refractivity (Wildman–Crippen MR) is 103 cm³/mol. The Morgan fingerprint density at radius 1 is 1.48 bits per heavy atom. The molecular formula is C16H17BrN3O8S-. The van der Waals surface area contributed by atoms with E-state index in [4.69, 9.17) is 0 Å². The van der Waals surface area contributed by atoms with Crippen molar-refractivity contribution in [2.45, 2.75) is 37.1 Å². The molecule has 11 nitrogen and oxygen atoms in total. The number of halogens is 1. The minimum absolute atomic E-state index is 0.0948. The number of carbonyl (C=O) groups excluding carboxylic acids is 2. The molecule has 4 atom stereocenters. The monoisotopic (exact) mass is 490 g/mol. The van der Waals surface area contributed by atoms with Gasteiger partial charge in [-0.25, -0.2) is 10.2 Å². The lowest BCUT2D eigenvalue weighted by Crippen LogP contribution is -2.67. The lowest BCUT2D eigenvalue weighted by atomic mass is 9.92. The van der Waals surface area contributed by atoms with Crippen LogP contribution in [0, 0.1) is 0 Å². The molecule has 1 fully saturated rings. The van der Waals surface area contributed by atoms with E-state index in [9.17, 15) is 38.5 Å². The highest BCUT2D eigenvalue weighted by Gasteiger charge is 2.51. The Morgan fingerprint density at radius 2 is 2.10 bits per heavy atom. The summed E-state index contributed by atoms with van der Waals surface area (Å²) in [5, 5.41) is 32.1. The largest absolute Gasteiger partial charge is 0.772 e. The number of rotatable bonds is 7. The number of phenols is 2. The molecule has 1 aliphatic heterocycles. The van der Waals surface area contributed by atoms with Gasteiger partial charge in [-0.05, 0) is 53.0 Å². The second-order valence-electron chi connectivity index (χ2n) is 6.51. The van der Waals surface area contributed by atoms with Gasteiger partial charge in [0.05, 0.1) is 14.8 Å². The molecular weight excluding hydrogens is 474 g/mol. The number of hydrazone groups is 1. The molecule has 0 saturated carbocycles. The Hall–Kier alpha value is -2.51. The number of carbonyl (C=O) groups is 3. The summed E-state index contributed by atoms with van der Waals surface area (Å²) < 4.78 is 21.4. The van der Waals surface area contributed by atoms with Crippen molar-refractivity contribution in [2.24, 2.45) is 5.10 Å².